The monoisotopic (exact) mass is 84.1 g/mol. The predicted octanol–water partition coefficient (Wildman–Crippen LogP) is 0.0795. The molecule has 1 fully saturated rings. The lowest BCUT2D eigenvalue weighted by molar-refractivity contribution is 0.629. The van der Waals surface area contributed by atoms with Crippen molar-refractivity contribution in [2.75, 3.05) is 6.54 Å². The summed E-state index contributed by atoms with van der Waals surface area (Å²) in [5.74, 6) is 5.24. The van der Waals surface area contributed by atoms with E-state index in [-0.39, 0.29) is 0 Å². The van der Waals surface area contributed by atoms with Gasteiger partial charge in [-0.15, -0.1) is 0 Å². The van der Waals surface area contributed by atoms with Crippen LogP contribution < -0.4 is 5.84 Å². The molecule has 34 valence electrons. The van der Waals surface area contributed by atoms with Crippen LogP contribution in [0.25, 0.3) is 0 Å². The number of hydrogen-bond donors (Lipinski definition) is 1. The first-order valence-electron chi connectivity index (χ1n) is 2.02. The van der Waals surface area contributed by atoms with E-state index in [1.807, 2.05) is 13.0 Å². The number of rotatable bonds is 0. The zero-order chi connectivity index (χ0) is 4.57. The quantitative estimate of drug-likeness (QED) is 0.332. The SMILES string of the molecule is CC=C1CN1N. The number of hydrazine groups is 1. The Kier molecular flexibility index (Phi) is 0.601. The minimum absolute atomic E-state index is 0.969. The minimum Gasteiger partial charge on any atom is -0.308 e. The highest BCUT2D eigenvalue weighted by Crippen LogP contribution is 2.13. The van der Waals surface area contributed by atoms with Crippen LogP contribution in [0.2, 0.25) is 0 Å². The van der Waals surface area contributed by atoms with Crippen molar-refractivity contribution in [3.63, 3.8) is 0 Å². The molecule has 1 aliphatic heterocycles. The maximum Gasteiger partial charge on any atom is 0.0749 e. The van der Waals surface area contributed by atoms with Gasteiger partial charge >= 0.3 is 0 Å². The molecule has 0 aromatic carbocycles. The molecular formula is C4H8N2. The van der Waals surface area contributed by atoms with Gasteiger partial charge in [-0.2, -0.15) is 0 Å². The van der Waals surface area contributed by atoms with Crippen molar-refractivity contribution in [3.05, 3.63) is 11.8 Å². The highest BCUT2D eigenvalue weighted by molar-refractivity contribution is 5.14. The van der Waals surface area contributed by atoms with Crippen molar-refractivity contribution in [2.45, 2.75) is 6.92 Å². The van der Waals surface area contributed by atoms with Crippen LogP contribution in [-0.4, -0.2) is 11.6 Å². The molecule has 0 spiro atoms. The lowest BCUT2D eigenvalue weighted by Crippen LogP contribution is -2.02. The lowest BCUT2D eigenvalue weighted by atomic mass is 10.6. The summed E-state index contributed by atoms with van der Waals surface area (Å²) in [6.45, 7) is 2.96. The van der Waals surface area contributed by atoms with Crippen LogP contribution >= 0.6 is 0 Å². The molecule has 0 aromatic rings. The van der Waals surface area contributed by atoms with Crippen molar-refractivity contribution < 1.29 is 0 Å². The Balaban J connectivity index is 2.44. The number of nitrogens with two attached hydrogens (primary N) is 1. The Labute approximate surface area is 37.2 Å². The standard InChI is InChI=1S/C4H8N2/c1-2-4-3-6(4)5/h2H,3,5H2,1H3. The number of allylic oxidation sites excluding steroid dienone is 1. The second-order valence-electron chi connectivity index (χ2n) is 1.41. The van der Waals surface area contributed by atoms with Gasteiger partial charge < -0.3 is 5.01 Å². The summed E-state index contributed by atoms with van der Waals surface area (Å²) >= 11 is 0. The van der Waals surface area contributed by atoms with Gasteiger partial charge in [-0.1, -0.05) is 6.08 Å². The topological polar surface area (TPSA) is 29.0 Å². The summed E-state index contributed by atoms with van der Waals surface area (Å²) < 4.78 is 0. The first kappa shape index (κ1) is 3.68. The molecule has 2 N–H and O–H groups in total. The average molecular weight is 84.1 g/mol. The van der Waals surface area contributed by atoms with Gasteiger partial charge in [0, 0.05) is 5.70 Å². The van der Waals surface area contributed by atoms with Gasteiger partial charge in [0.15, 0.2) is 0 Å². The van der Waals surface area contributed by atoms with Crippen molar-refractivity contribution in [3.8, 4) is 0 Å². The Morgan fingerprint density at radius 3 is 2.50 bits per heavy atom. The minimum atomic E-state index is 0.969. The first-order valence-corrected chi connectivity index (χ1v) is 2.02. The molecule has 6 heavy (non-hydrogen) atoms. The molecule has 0 atom stereocenters. The summed E-state index contributed by atoms with van der Waals surface area (Å²) in [6, 6.07) is 0. The van der Waals surface area contributed by atoms with E-state index in [1.54, 1.807) is 5.01 Å². The molecule has 0 unspecified atom stereocenters. The molecule has 0 aliphatic carbocycles. The molecule has 0 bridgehead atoms. The molecule has 0 amide bonds. The summed E-state index contributed by atoms with van der Waals surface area (Å²) in [5.41, 5.74) is 1.25. The second-order valence-corrected chi connectivity index (χ2v) is 1.41. The van der Waals surface area contributed by atoms with E-state index in [0.717, 1.165) is 6.54 Å². The zero-order valence-electron chi connectivity index (χ0n) is 3.81. The van der Waals surface area contributed by atoms with Gasteiger partial charge in [0.05, 0.1) is 6.54 Å². The van der Waals surface area contributed by atoms with E-state index >= 15 is 0 Å². The molecule has 0 radical (unpaired) electrons. The molecule has 0 aromatic heterocycles. The van der Waals surface area contributed by atoms with Gasteiger partial charge in [-0.25, -0.2) is 5.84 Å². The van der Waals surface area contributed by atoms with Crippen molar-refractivity contribution in [1.82, 2.24) is 5.01 Å². The molecule has 0 saturated carbocycles. The third-order valence-electron chi connectivity index (χ3n) is 0.931. The fourth-order valence-electron chi connectivity index (χ4n) is 0.396. The van der Waals surface area contributed by atoms with Gasteiger partial charge in [0.25, 0.3) is 0 Å². The maximum absolute atomic E-state index is 5.24. The molecule has 1 heterocycles. The van der Waals surface area contributed by atoms with Crippen LogP contribution in [-0.2, 0) is 0 Å². The van der Waals surface area contributed by atoms with E-state index in [2.05, 4.69) is 0 Å². The van der Waals surface area contributed by atoms with Crippen molar-refractivity contribution in [2.24, 2.45) is 5.84 Å². The fourth-order valence-corrected chi connectivity index (χ4v) is 0.396. The van der Waals surface area contributed by atoms with E-state index in [4.69, 9.17) is 5.84 Å². The largest absolute Gasteiger partial charge is 0.308 e. The highest BCUT2D eigenvalue weighted by Gasteiger charge is 2.17. The van der Waals surface area contributed by atoms with E-state index in [0.29, 0.717) is 0 Å². The Hall–Kier alpha value is -0.500. The van der Waals surface area contributed by atoms with Gasteiger partial charge in [0.2, 0.25) is 0 Å². The fraction of sp³-hybridized carbons (Fsp3) is 0.500. The smallest absolute Gasteiger partial charge is 0.0749 e. The summed E-state index contributed by atoms with van der Waals surface area (Å²) in [7, 11) is 0. The van der Waals surface area contributed by atoms with Crippen LogP contribution in [0.15, 0.2) is 11.8 Å². The second kappa shape index (κ2) is 0.980. The van der Waals surface area contributed by atoms with Crippen LogP contribution in [0.1, 0.15) is 6.92 Å². The summed E-state index contributed by atoms with van der Waals surface area (Å²) in [6.07, 6.45) is 2.01. The van der Waals surface area contributed by atoms with E-state index < -0.39 is 0 Å². The van der Waals surface area contributed by atoms with Crippen molar-refractivity contribution in [1.29, 1.82) is 0 Å². The predicted molar refractivity (Wildman–Crippen MR) is 24.7 cm³/mol. The molecule has 1 aliphatic rings. The Bertz CT molecular complexity index is 85.5. The molecular weight excluding hydrogens is 76.1 g/mol. The highest BCUT2D eigenvalue weighted by atomic mass is 15.5. The van der Waals surface area contributed by atoms with Crippen LogP contribution in [0.3, 0.4) is 0 Å². The number of hydrogen-bond acceptors (Lipinski definition) is 2. The van der Waals surface area contributed by atoms with E-state index in [1.165, 1.54) is 5.70 Å². The first-order chi connectivity index (χ1) is 2.84. The lowest BCUT2D eigenvalue weighted by Gasteiger charge is -1.76. The van der Waals surface area contributed by atoms with Crippen LogP contribution in [0.5, 0.6) is 0 Å². The maximum atomic E-state index is 5.24. The van der Waals surface area contributed by atoms with Crippen LogP contribution in [0, 0.1) is 0 Å². The Morgan fingerprint density at radius 2 is 2.50 bits per heavy atom. The summed E-state index contributed by atoms with van der Waals surface area (Å²) in [4.78, 5) is 0. The van der Waals surface area contributed by atoms with Gasteiger partial charge in [0.1, 0.15) is 0 Å². The van der Waals surface area contributed by atoms with Gasteiger partial charge in [-0.3, -0.25) is 0 Å². The third kappa shape index (κ3) is 0.389. The van der Waals surface area contributed by atoms with Gasteiger partial charge in [-0.05, 0) is 6.92 Å². The third-order valence-corrected chi connectivity index (χ3v) is 0.931. The summed E-state index contributed by atoms with van der Waals surface area (Å²) in [5, 5.41) is 1.71. The Morgan fingerprint density at radius 1 is 2.00 bits per heavy atom. The normalized spacial score (nSPS) is 25.7. The zero-order valence-corrected chi connectivity index (χ0v) is 3.81. The van der Waals surface area contributed by atoms with Crippen LogP contribution in [0.4, 0.5) is 0 Å². The van der Waals surface area contributed by atoms with E-state index in [9.17, 15) is 0 Å². The van der Waals surface area contributed by atoms with Crippen molar-refractivity contribution >= 4 is 0 Å². The number of nitrogens with zero attached hydrogens (tertiary/aromatic N) is 1. The molecule has 2 heteroatoms. The average Bonchev–Trinajstić information content (AvgIpc) is 2.19. The molecule has 2 nitrogen and oxygen atoms in total. The molecule has 1 rings (SSSR count). The molecule has 1 saturated heterocycles.